The van der Waals surface area contributed by atoms with Crippen molar-refractivity contribution in [3.8, 4) is 45.3 Å². The molecule has 0 fully saturated rings. The van der Waals surface area contributed by atoms with Crippen LogP contribution in [-0.4, -0.2) is 67.6 Å². The Bertz CT molecular complexity index is 2240. The van der Waals surface area contributed by atoms with Gasteiger partial charge in [0.15, 0.2) is 0 Å². The number of benzene rings is 4. The number of aromatic nitrogens is 6. The average molecular weight is 615 g/mol. The van der Waals surface area contributed by atoms with Crippen LogP contribution in [0.5, 0.6) is 11.5 Å². The van der Waals surface area contributed by atoms with Crippen LogP contribution >= 0.6 is 0 Å². The van der Waals surface area contributed by atoms with Crippen LogP contribution in [0, 0.1) is 0 Å². The number of carboxylic acids is 2. The van der Waals surface area contributed by atoms with Gasteiger partial charge < -0.3 is 20.4 Å². The average Bonchev–Trinajstić information content (AvgIpc) is 3.78. The number of aromatic hydroxyl groups is 2. The molecule has 3 aromatic heterocycles. The van der Waals surface area contributed by atoms with E-state index in [1.807, 2.05) is 30.3 Å². The Balaban J connectivity index is 1.29. The highest BCUT2D eigenvalue weighted by Crippen LogP contribution is 2.34. The maximum absolute atomic E-state index is 12.8. The lowest BCUT2D eigenvalue weighted by atomic mass is 10.1. The number of phenols is 2. The van der Waals surface area contributed by atoms with Gasteiger partial charge in [0.2, 0.25) is 5.91 Å². The Morgan fingerprint density at radius 2 is 1.22 bits per heavy atom. The summed E-state index contributed by atoms with van der Waals surface area (Å²) in [6.07, 6.45) is 5.01. The van der Waals surface area contributed by atoms with Gasteiger partial charge in [-0.15, -0.1) is 5.10 Å². The van der Waals surface area contributed by atoms with Gasteiger partial charge in [-0.25, -0.2) is 19.0 Å². The maximum atomic E-state index is 12.8. The van der Waals surface area contributed by atoms with Crippen molar-refractivity contribution in [1.82, 2.24) is 29.3 Å². The largest absolute Gasteiger partial charge is 0.507 e. The van der Waals surface area contributed by atoms with Crippen LogP contribution in [0.4, 0.5) is 0 Å². The Morgan fingerprint density at radius 3 is 1.78 bits per heavy atom. The van der Waals surface area contributed by atoms with Crippen LogP contribution in [0.2, 0.25) is 0 Å². The van der Waals surface area contributed by atoms with E-state index in [9.17, 15) is 34.8 Å². The van der Waals surface area contributed by atoms with Crippen molar-refractivity contribution in [1.29, 1.82) is 0 Å². The second-order valence-corrected chi connectivity index (χ2v) is 10.6. The Hall–Kier alpha value is -6.76. The standard InChI is InChI=1S/C33H22N6O7/c1-17(40)39-28-8-4-21(37-15-20(14-34-37)18-2-6-23(32(43)44)30(41)10-18)12-25(28)26-13-22(5-9-29(26)39)38-16-27(35-36-38)19-3-7-24(33(45)46)31(42)11-19/h2-16,41-42H,1H3,(H,43,44)(H,45,46). The smallest absolute Gasteiger partial charge is 0.339 e. The normalized spacial score (nSPS) is 11.3. The molecule has 0 spiro atoms. The molecular formula is C33H22N6O7. The highest BCUT2D eigenvalue weighted by atomic mass is 16.4. The van der Waals surface area contributed by atoms with Gasteiger partial charge in [0.25, 0.3) is 0 Å². The van der Waals surface area contributed by atoms with Crippen LogP contribution in [0.25, 0.3) is 55.6 Å². The zero-order valence-corrected chi connectivity index (χ0v) is 23.9. The van der Waals surface area contributed by atoms with E-state index < -0.39 is 11.9 Å². The predicted molar refractivity (Wildman–Crippen MR) is 166 cm³/mol. The van der Waals surface area contributed by atoms with E-state index in [1.54, 1.807) is 44.7 Å². The van der Waals surface area contributed by atoms with Crippen molar-refractivity contribution in [3.05, 3.63) is 103 Å². The molecule has 0 aliphatic heterocycles. The molecule has 0 bridgehead atoms. The molecule has 0 atom stereocenters. The summed E-state index contributed by atoms with van der Waals surface area (Å²) < 4.78 is 4.81. The number of carboxylic acid groups (broad SMARTS) is 2. The molecule has 0 radical (unpaired) electrons. The Labute approximate surface area is 258 Å². The highest BCUT2D eigenvalue weighted by molar-refractivity contribution is 6.14. The third-order valence-electron chi connectivity index (χ3n) is 7.74. The fourth-order valence-corrected chi connectivity index (χ4v) is 5.52. The molecule has 0 aliphatic rings. The third kappa shape index (κ3) is 4.59. The first-order chi connectivity index (χ1) is 22.1. The third-order valence-corrected chi connectivity index (χ3v) is 7.74. The second-order valence-electron chi connectivity index (χ2n) is 10.6. The number of carbonyl (C=O) groups excluding carboxylic acids is 1. The van der Waals surface area contributed by atoms with E-state index in [1.165, 1.54) is 37.3 Å². The predicted octanol–water partition coefficient (Wildman–Crippen LogP) is 5.36. The fourth-order valence-electron chi connectivity index (χ4n) is 5.52. The van der Waals surface area contributed by atoms with Gasteiger partial charge in [0, 0.05) is 35.0 Å². The quantitative estimate of drug-likeness (QED) is 0.190. The van der Waals surface area contributed by atoms with E-state index >= 15 is 0 Å². The van der Waals surface area contributed by atoms with Crippen LogP contribution in [0.15, 0.2) is 91.4 Å². The van der Waals surface area contributed by atoms with Crippen LogP contribution in [0.1, 0.15) is 32.4 Å². The summed E-state index contributed by atoms with van der Waals surface area (Å²) in [6, 6.07) is 19.5. The summed E-state index contributed by atoms with van der Waals surface area (Å²) in [5.41, 5.74) is 4.47. The minimum Gasteiger partial charge on any atom is -0.507 e. The lowest BCUT2D eigenvalue weighted by molar-refractivity contribution is 0.0682. The molecule has 7 aromatic rings. The van der Waals surface area contributed by atoms with E-state index in [2.05, 4.69) is 15.4 Å². The number of rotatable bonds is 6. The monoisotopic (exact) mass is 614 g/mol. The zero-order chi connectivity index (χ0) is 32.3. The number of hydrogen-bond donors (Lipinski definition) is 4. The molecule has 4 aromatic carbocycles. The van der Waals surface area contributed by atoms with Crippen molar-refractivity contribution in [2.45, 2.75) is 6.92 Å². The number of nitrogens with zero attached hydrogens (tertiary/aromatic N) is 6. The van der Waals surface area contributed by atoms with Gasteiger partial charge in [0.05, 0.1) is 34.8 Å². The van der Waals surface area contributed by atoms with Gasteiger partial charge in [-0.05, 0) is 66.2 Å². The first kappa shape index (κ1) is 28.0. The lowest BCUT2D eigenvalue weighted by Gasteiger charge is -2.04. The molecule has 0 saturated heterocycles. The van der Waals surface area contributed by atoms with Crippen molar-refractivity contribution in [2.75, 3.05) is 0 Å². The highest BCUT2D eigenvalue weighted by Gasteiger charge is 2.18. The summed E-state index contributed by atoms with van der Waals surface area (Å²) >= 11 is 0. The molecular weight excluding hydrogens is 592 g/mol. The van der Waals surface area contributed by atoms with E-state index in [0.717, 1.165) is 10.8 Å². The molecule has 46 heavy (non-hydrogen) atoms. The van der Waals surface area contributed by atoms with Gasteiger partial charge in [-0.3, -0.25) is 9.36 Å². The van der Waals surface area contributed by atoms with E-state index in [4.69, 9.17) is 0 Å². The second kappa shape index (κ2) is 10.4. The van der Waals surface area contributed by atoms with Gasteiger partial charge in [0.1, 0.15) is 28.3 Å². The Kier molecular flexibility index (Phi) is 6.37. The van der Waals surface area contributed by atoms with E-state index in [0.29, 0.717) is 44.8 Å². The molecule has 0 unspecified atom stereocenters. The molecule has 13 nitrogen and oxygen atoms in total. The molecule has 4 N–H and O–H groups in total. The Morgan fingerprint density at radius 1 is 0.652 bits per heavy atom. The summed E-state index contributed by atoms with van der Waals surface area (Å²) in [7, 11) is 0. The zero-order valence-electron chi connectivity index (χ0n) is 23.9. The molecule has 0 aliphatic carbocycles. The molecule has 3 heterocycles. The number of aromatic carboxylic acids is 2. The van der Waals surface area contributed by atoms with E-state index in [-0.39, 0.29) is 28.5 Å². The van der Waals surface area contributed by atoms with Crippen LogP contribution in [-0.2, 0) is 0 Å². The van der Waals surface area contributed by atoms with Crippen molar-refractivity contribution in [2.24, 2.45) is 0 Å². The fraction of sp³-hybridized carbons (Fsp3) is 0.0303. The summed E-state index contributed by atoms with van der Waals surface area (Å²) in [4.78, 5) is 35.3. The minimum absolute atomic E-state index is 0.167. The van der Waals surface area contributed by atoms with Gasteiger partial charge in [-0.1, -0.05) is 17.3 Å². The lowest BCUT2D eigenvalue weighted by Crippen LogP contribution is -2.05. The summed E-state index contributed by atoms with van der Waals surface area (Å²) in [5.74, 6) is -3.36. The molecule has 0 amide bonds. The van der Waals surface area contributed by atoms with Crippen molar-refractivity contribution < 1.29 is 34.8 Å². The molecule has 226 valence electrons. The minimum atomic E-state index is -1.24. The number of carbonyl (C=O) groups is 3. The van der Waals surface area contributed by atoms with Crippen LogP contribution in [0.3, 0.4) is 0 Å². The van der Waals surface area contributed by atoms with Crippen molar-refractivity contribution >= 4 is 39.7 Å². The van der Waals surface area contributed by atoms with Gasteiger partial charge in [-0.2, -0.15) is 5.10 Å². The first-order valence-electron chi connectivity index (χ1n) is 13.8. The summed E-state index contributed by atoms with van der Waals surface area (Å²) in [5, 5.41) is 53.1. The first-order valence-corrected chi connectivity index (χ1v) is 13.8. The topological polar surface area (TPSA) is 186 Å². The maximum Gasteiger partial charge on any atom is 0.339 e. The van der Waals surface area contributed by atoms with Crippen molar-refractivity contribution in [3.63, 3.8) is 0 Å². The number of hydrogen-bond acceptors (Lipinski definition) is 8. The SMILES string of the molecule is CC(=O)n1c2ccc(-n3cc(-c4ccc(C(=O)O)c(O)c4)cn3)cc2c2cc(-n3cc(-c4ccc(C(=O)O)c(O)c4)nn3)ccc21. The van der Waals surface area contributed by atoms with Crippen LogP contribution < -0.4 is 0 Å². The summed E-state index contributed by atoms with van der Waals surface area (Å²) in [6.45, 7) is 1.49. The number of fused-ring (bicyclic) bond motifs is 3. The molecule has 13 heteroatoms. The van der Waals surface area contributed by atoms with Gasteiger partial charge >= 0.3 is 11.9 Å². The molecule has 7 rings (SSSR count). The molecule has 0 saturated carbocycles.